The van der Waals surface area contributed by atoms with Crippen LogP contribution in [0.2, 0.25) is 0 Å². The first kappa shape index (κ1) is 20.3. The lowest BCUT2D eigenvalue weighted by Crippen LogP contribution is -2.12. The molecule has 4 N–H and O–H groups in total. The summed E-state index contributed by atoms with van der Waals surface area (Å²) in [6, 6.07) is 0. The van der Waals surface area contributed by atoms with Gasteiger partial charge in [-0.15, -0.1) is 0 Å². The van der Waals surface area contributed by atoms with E-state index in [0.717, 1.165) is 0 Å². The fourth-order valence-corrected chi connectivity index (χ4v) is 2.33. The van der Waals surface area contributed by atoms with Crippen LogP contribution in [0.3, 0.4) is 0 Å². The van der Waals surface area contributed by atoms with Crippen molar-refractivity contribution in [2.24, 2.45) is 0 Å². The predicted octanol–water partition coefficient (Wildman–Crippen LogP) is 3.60. The molecule has 0 aliphatic rings. The normalized spacial score (nSPS) is 18.3. The van der Waals surface area contributed by atoms with Crippen molar-refractivity contribution in [3.05, 3.63) is 0 Å². The van der Waals surface area contributed by atoms with E-state index in [2.05, 4.69) is 63.7 Å². The molecule has 2 unspecified atom stereocenters. The van der Waals surface area contributed by atoms with Gasteiger partial charge in [0.2, 0.25) is 0 Å². The van der Waals surface area contributed by atoms with Crippen molar-refractivity contribution in [2.45, 2.75) is 9.65 Å². The largest absolute Gasteiger partial charge is 0.472 e. The van der Waals surface area contributed by atoms with E-state index in [1.165, 1.54) is 0 Å². The lowest BCUT2D eigenvalue weighted by atomic mass is 10.5. The van der Waals surface area contributed by atoms with Crippen molar-refractivity contribution in [3.8, 4) is 0 Å². The summed E-state index contributed by atoms with van der Waals surface area (Å²) < 4.78 is 20.8. The van der Waals surface area contributed by atoms with Gasteiger partial charge < -0.3 is 11.0 Å². The average Bonchev–Trinajstić information content (AvgIpc) is 2.22. The van der Waals surface area contributed by atoms with Crippen LogP contribution in [0.25, 0.3) is 0 Å². The number of halogens is 4. The third-order valence-electron chi connectivity index (χ3n) is 1.17. The average molecular weight is 515 g/mol. The van der Waals surface area contributed by atoms with Crippen LogP contribution in [0.4, 0.5) is 0 Å². The maximum absolute atomic E-state index is 11.3. The van der Waals surface area contributed by atoms with E-state index in [9.17, 15) is 9.46 Å². The van der Waals surface area contributed by atoms with E-state index in [-0.39, 0.29) is 29.0 Å². The molecule has 0 amide bonds. The molecule has 0 spiro atoms. The molecule has 100 valence electrons. The zero-order chi connectivity index (χ0) is 11.9. The van der Waals surface area contributed by atoms with Crippen LogP contribution in [-0.4, -0.2) is 38.4 Å². The molecular formula is C6H14Br4NO4P. The number of phosphoric ester groups is 1. The molecular weight excluding hydrogens is 501 g/mol. The Balaban J connectivity index is 0. The third-order valence-corrected chi connectivity index (χ3v) is 6.60. The van der Waals surface area contributed by atoms with Gasteiger partial charge in [-0.3, -0.25) is 9.05 Å². The molecule has 0 aromatic carbocycles. The topological polar surface area (TPSA) is 90.8 Å². The van der Waals surface area contributed by atoms with Gasteiger partial charge in [-0.1, -0.05) is 63.7 Å². The molecule has 0 rings (SSSR count). The van der Waals surface area contributed by atoms with Crippen molar-refractivity contribution < 1.29 is 18.5 Å². The molecule has 0 aliphatic heterocycles. The molecule has 10 heteroatoms. The zero-order valence-corrected chi connectivity index (χ0v) is 15.6. The van der Waals surface area contributed by atoms with Crippen LogP contribution in [0.1, 0.15) is 0 Å². The summed E-state index contributed by atoms with van der Waals surface area (Å²) >= 11 is 12.9. The van der Waals surface area contributed by atoms with Crippen LogP contribution < -0.4 is 6.15 Å². The number of rotatable bonds is 8. The van der Waals surface area contributed by atoms with Crippen LogP contribution in [0.15, 0.2) is 0 Å². The van der Waals surface area contributed by atoms with Crippen molar-refractivity contribution >= 4 is 71.5 Å². The fourth-order valence-electron chi connectivity index (χ4n) is 0.476. The molecule has 2 atom stereocenters. The third kappa shape index (κ3) is 11.1. The molecule has 0 saturated carbocycles. The van der Waals surface area contributed by atoms with Gasteiger partial charge >= 0.3 is 7.82 Å². The maximum Gasteiger partial charge on any atom is 0.472 e. The van der Waals surface area contributed by atoms with Gasteiger partial charge in [-0.05, 0) is 0 Å². The Hall–Kier alpha value is 1.99. The van der Waals surface area contributed by atoms with Crippen molar-refractivity contribution in [1.29, 1.82) is 0 Å². The second kappa shape index (κ2) is 10.9. The lowest BCUT2D eigenvalue weighted by molar-refractivity contribution is 0.154. The van der Waals surface area contributed by atoms with E-state index in [1.807, 2.05) is 0 Å². The summed E-state index contributed by atoms with van der Waals surface area (Å²) in [7, 11) is -3.93. The Bertz CT molecular complexity index is 205. The van der Waals surface area contributed by atoms with Gasteiger partial charge in [0, 0.05) is 20.3 Å². The first-order valence-electron chi connectivity index (χ1n) is 3.93. The Labute approximate surface area is 129 Å². The van der Waals surface area contributed by atoms with E-state index >= 15 is 0 Å². The van der Waals surface area contributed by atoms with Crippen LogP contribution in [0, 0.1) is 0 Å². The predicted molar refractivity (Wildman–Crippen MR) is 79.8 cm³/mol. The Morgan fingerprint density at radius 2 is 1.38 bits per heavy atom. The van der Waals surface area contributed by atoms with Gasteiger partial charge in [0.25, 0.3) is 0 Å². The van der Waals surface area contributed by atoms with Gasteiger partial charge in [-0.2, -0.15) is 0 Å². The monoisotopic (exact) mass is 511 g/mol. The summed E-state index contributed by atoms with van der Waals surface area (Å²) in [5, 5.41) is 1.27. The molecule has 0 aliphatic carbocycles. The van der Waals surface area contributed by atoms with Crippen LogP contribution >= 0.6 is 71.5 Å². The molecule has 0 radical (unpaired) electrons. The van der Waals surface area contributed by atoms with Gasteiger partial charge in [0.05, 0.1) is 13.2 Å². The quantitative estimate of drug-likeness (QED) is 0.382. The Morgan fingerprint density at radius 3 is 1.62 bits per heavy atom. The van der Waals surface area contributed by atoms with Gasteiger partial charge in [0.15, 0.2) is 0 Å². The summed E-state index contributed by atoms with van der Waals surface area (Å²) in [5.74, 6) is 0. The summed E-state index contributed by atoms with van der Waals surface area (Å²) in [4.78, 5) is 9.21. The minimum atomic E-state index is -3.93. The highest BCUT2D eigenvalue weighted by atomic mass is 79.9. The molecule has 0 aromatic heterocycles. The lowest BCUT2D eigenvalue weighted by Gasteiger charge is -2.14. The zero-order valence-electron chi connectivity index (χ0n) is 8.32. The highest BCUT2D eigenvalue weighted by Gasteiger charge is 2.23. The molecule has 16 heavy (non-hydrogen) atoms. The number of alkyl halides is 4. The Kier molecular flexibility index (Phi) is 13.8. The molecule has 0 fully saturated rings. The summed E-state index contributed by atoms with van der Waals surface area (Å²) in [6.45, 7) is 0.223. The van der Waals surface area contributed by atoms with E-state index in [4.69, 9.17) is 9.05 Å². The minimum absolute atomic E-state index is 0. The highest BCUT2D eigenvalue weighted by molar-refractivity contribution is 9.12. The molecule has 0 bridgehead atoms. The summed E-state index contributed by atoms with van der Waals surface area (Å²) in [6.07, 6.45) is 0. The standard InChI is InChI=1S/C6H11Br4O4P.H3N/c7-1-5(9)3-13-15(11,12)14-4-6(10)2-8;/h5-6H,1-4H2,(H,11,12);1H3. The smallest absolute Gasteiger partial charge is 0.344 e. The maximum atomic E-state index is 11.3. The molecule has 0 saturated heterocycles. The van der Waals surface area contributed by atoms with Crippen LogP contribution in [0.5, 0.6) is 0 Å². The first-order valence-corrected chi connectivity index (χ1v) is 9.50. The highest BCUT2D eigenvalue weighted by Crippen LogP contribution is 2.44. The van der Waals surface area contributed by atoms with Gasteiger partial charge in [-0.25, -0.2) is 4.57 Å². The second-order valence-electron chi connectivity index (χ2n) is 2.56. The van der Waals surface area contributed by atoms with E-state index in [0.29, 0.717) is 10.7 Å². The molecule has 0 aromatic rings. The molecule has 0 heterocycles. The minimum Gasteiger partial charge on any atom is -0.344 e. The van der Waals surface area contributed by atoms with Crippen molar-refractivity contribution in [2.75, 3.05) is 23.9 Å². The first-order chi connectivity index (χ1) is 6.91. The van der Waals surface area contributed by atoms with E-state index in [1.54, 1.807) is 0 Å². The van der Waals surface area contributed by atoms with Crippen molar-refractivity contribution in [1.82, 2.24) is 6.15 Å². The number of hydrogen-bond donors (Lipinski definition) is 2. The van der Waals surface area contributed by atoms with E-state index < -0.39 is 7.82 Å². The fraction of sp³-hybridized carbons (Fsp3) is 1.00. The van der Waals surface area contributed by atoms with Gasteiger partial charge in [0.1, 0.15) is 0 Å². The molecule has 5 nitrogen and oxygen atoms in total. The Morgan fingerprint density at radius 1 is 1.06 bits per heavy atom. The summed E-state index contributed by atoms with van der Waals surface area (Å²) in [5.41, 5.74) is 0. The van der Waals surface area contributed by atoms with Crippen LogP contribution in [-0.2, 0) is 13.6 Å². The number of hydrogen-bond acceptors (Lipinski definition) is 4. The van der Waals surface area contributed by atoms with Crippen molar-refractivity contribution in [3.63, 3.8) is 0 Å². The number of phosphoric acid groups is 1. The SMILES string of the molecule is N.O=P(O)(OCC(Br)CBr)OCC(Br)CBr. The second-order valence-corrected chi connectivity index (χ2v) is 7.90.